The van der Waals surface area contributed by atoms with Crippen LogP contribution < -0.4 is 17.8 Å². The Kier molecular flexibility index (Phi) is 5.43. The van der Waals surface area contributed by atoms with Gasteiger partial charge in [0.15, 0.2) is 14.7 Å². The number of hydrogen-bond acceptors (Lipinski definition) is 2. The summed E-state index contributed by atoms with van der Waals surface area (Å²) in [6.07, 6.45) is 0. The fourth-order valence-corrected chi connectivity index (χ4v) is 5.55. The van der Waals surface area contributed by atoms with Crippen LogP contribution in [0.25, 0.3) is 21.9 Å². The van der Waals surface area contributed by atoms with E-state index in [1.54, 1.807) is 0 Å². The zero-order chi connectivity index (χ0) is 18.9. The average molecular weight is 417 g/mol. The highest BCUT2D eigenvalue weighted by molar-refractivity contribution is 7.97. The molecule has 0 saturated heterocycles. The van der Waals surface area contributed by atoms with Gasteiger partial charge in [-0.1, -0.05) is 48.5 Å². The Morgan fingerprint density at radius 2 is 1.10 bits per heavy atom. The molecule has 0 fully saturated rings. The molecule has 5 aromatic rings. The maximum absolute atomic E-state index is 13.1. The topological polar surface area (TPSA) is 30.2 Å². The monoisotopic (exact) mass is 416 g/mol. The van der Waals surface area contributed by atoms with Gasteiger partial charge in [-0.15, -0.1) is 0 Å². The third-order valence-corrected chi connectivity index (χ3v) is 6.95. The Balaban J connectivity index is 0.00000205. The van der Waals surface area contributed by atoms with E-state index in [-0.39, 0.29) is 28.7 Å². The number of para-hydroxylation sites is 1. The van der Waals surface area contributed by atoms with Gasteiger partial charge in [0.25, 0.3) is 0 Å². The lowest BCUT2D eigenvalue weighted by Gasteiger charge is -2.09. The summed E-state index contributed by atoms with van der Waals surface area (Å²) in [5, 5.41) is 1.24. The van der Waals surface area contributed by atoms with Gasteiger partial charge in [0.05, 0.1) is 21.7 Å². The summed E-state index contributed by atoms with van der Waals surface area (Å²) in [4.78, 5) is 16.6. The third kappa shape index (κ3) is 3.55. The van der Waals surface area contributed by atoms with Crippen LogP contribution in [0.1, 0.15) is 0 Å². The molecule has 29 heavy (non-hydrogen) atoms. The van der Waals surface area contributed by atoms with E-state index in [4.69, 9.17) is 4.42 Å². The van der Waals surface area contributed by atoms with Crippen molar-refractivity contribution in [2.24, 2.45) is 0 Å². The Morgan fingerprint density at radius 1 is 0.552 bits per heavy atom. The fourth-order valence-electron chi connectivity index (χ4n) is 3.43. The van der Waals surface area contributed by atoms with Crippen LogP contribution in [0.5, 0.6) is 0 Å². The highest BCUT2D eigenvalue weighted by Crippen LogP contribution is 2.32. The Morgan fingerprint density at radius 3 is 1.76 bits per heavy atom. The Labute approximate surface area is 177 Å². The first-order valence-corrected chi connectivity index (χ1v) is 10.3. The molecule has 0 amide bonds. The number of rotatable bonds is 3. The van der Waals surface area contributed by atoms with E-state index in [0.29, 0.717) is 21.9 Å². The molecule has 0 radical (unpaired) electrons. The molecule has 1 aromatic heterocycles. The summed E-state index contributed by atoms with van der Waals surface area (Å²) < 4.78 is 5.98. The van der Waals surface area contributed by atoms with Gasteiger partial charge in [0.1, 0.15) is 11.2 Å². The maximum atomic E-state index is 13.1. The van der Waals surface area contributed by atoms with Crippen molar-refractivity contribution in [2.75, 3.05) is 0 Å². The number of halogens is 1. The summed E-state index contributed by atoms with van der Waals surface area (Å²) in [5.41, 5.74) is 1.26. The van der Waals surface area contributed by atoms with Gasteiger partial charge in [-0.3, -0.25) is 4.79 Å². The standard InChI is InChI=1S/C25H17O2S.ClH/c26-25-21-13-7-8-14-23(21)27-24-16-15-20(17-22(24)25)28(18-9-3-1-4-10-18)19-11-5-2-6-12-19;/h1-17H;1H/q+1;/p-1. The average Bonchev–Trinajstić information content (AvgIpc) is 2.76. The molecule has 0 N–H and O–H groups in total. The molecule has 1 heterocycles. The molecule has 0 aliphatic rings. The molecule has 4 aromatic carbocycles. The zero-order valence-electron chi connectivity index (χ0n) is 15.4. The molecule has 2 nitrogen and oxygen atoms in total. The second kappa shape index (κ2) is 8.16. The minimum Gasteiger partial charge on any atom is -1.00 e. The zero-order valence-corrected chi connectivity index (χ0v) is 17.0. The predicted octanol–water partition coefficient (Wildman–Crippen LogP) is 3.05. The van der Waals surface area contributed by atoms with E-state index in [1.807, 2.05) is 48.5 Å². The minimum absolute atomic E-state index is 0. The van der Waals surface area contributed by atoms with E-state index in [1.165, 1.54) is 9.79 Å². The Bertz CT molecular complexity index is 1290. The van der Waals surface area contributed by atoms with Crippen LogP contribution in [0.3, 0.4) is 0 Å². The lowest BCUT2D eigenvalue weighted by molar-refractivity contribution is -0.00000590. The quantitative estimate of drug-likeness (QED) is 0.334. The van der Waals surface area contributed by atoms with E-state index in [0.717, 1.165) is 4.90 Å². The molecule has 0 spiro atoms. The molecule has 142 valence electrons. The van der Waals surface area contributed by atoms with E-state index >= 15 is 0 Å². The van der Waals surface area contributed by atoms with Crippen molar-refractivity contribution in [1.29, 1.82) is 0 Å². The van der Waals surface area contributed by atoms with Crippen molar-refractivity contribution in [2.45, 2.75) is 14.7 Å². The smallest absolute Gasteiger partial charge is 0.200 e. The van der Waals surface area contributed by atoms with Crippen molar-refractivity contribution >= 4 is 32.8 Å². The van der Waals surface area contributed by atoms with Gasteiger partial charge in [-0.05, 0) is 48.5 Å². The highest BCUT2D eigenvalue weighted by Gasteiger charge is 2.29. The number of fused-ring (bicyclic) bond motifs is 2. The van der Waals surface area contributed by atoms with Crippen molar-refractivity contribution in [1.82, 2.24) is 0 Å². The molecule has 0 aliphatic carbocycles. The second-order valence-electron chi connectivity index (χ2n) is 6.52. The van der Waals surface area contributed by atoms with Crippen molar-refractivity contribution in [3.63, 3.8) is 0 Å². The van der Waals surface area contributed by atoms with Gasteiger partial charge >= 0.3 is 0 Å². The summed E-state index contributed by atoms with van der Waals surface area (Å²) in [5.74, 6) is 0. The third-order valence-electron chi connectivity index (χ3n) is 4.74. The molecule has 0 aliphatic heterocycles. The van der Waals surface area contributed by atoms with Gasteiger partial charge in [0.2, 0.25) is 5.43 Å². The van der Waals surface area contributed by atoms with Crippen LogP contribution in [0.15, 0.2) is 127 Å². The lowest BCUT2D eigenvalue weighted by Crippen LogP contribution is -3.00. The number of hydrogen-bond donors (Lipinski definition) is 0. The summed E-state index contributed by atoms with van der Waals surface area (Å²) in [7, 11) is -0.293. The van der Waals surface area contributed by atoms with Gasteiger partial charge < -0.3 is 16.8 Å². The SMILES string of the molecule is O=c1c2ccccc2oc2ccc([S+](c3ccccc3)c3ccccc3)cc12.[Cl-]. The van der Waals surface area contributed by atoms with Gasteiger partial charge in [0, 0.05) is 6.07 Å². The van der Waals surface area contributed by atoms with Crippen LogP contribution in [0, 0.1) is 0 Å². The van der Waals surface area contributed by atoms with Crippen LogP contribution in [0.4, 0.5) is 0 Å². The molecule has 4 heteroatoms. The Hall–Kier alpha value is -3.01. The first-order chi connectivity index (χ1) is 13.8. The fraction of sp³-hybridized carbons (Fsp3) is 0. The van der Waals surface area contributed by atoms with Crippen LogP contribution >= 0.6 is 0 Å². The first kappa shape index (κ1) is 19.3. The maximum Gasteiger partial charge on any atom is 0.200 e. The van der Waals surface area contributed by atoms with Crippen LogP contribution in [-0.4, -0.2) is 0 Å². The molecule has 0 bridgehead atoms. The van der Waals surface area contributed by atoms with E-state index in [9.17, 15) is 4.79 Å². The van der Waals surface area contributed by atoms with Crippen LogP contribution in [0.2, 0.25) is 0 Å². The lowest BCUT2D eigenvalue weighted by atomic mass is 10.1. The minimum atomic E-state index is -0.293. The van der Waals surface area contributed by atoms with Crippen LogP contribution in [-0.2, 0) is 10.9 Å². The first-order valence-electron chi connectivity index (χ1n) is 9.11. The molecular weight excluding hydrogens is 400 g/mol. The molecule has 5 rings (SSSR count). The molecule has 0 atom stereocenters. The largest absolute Gasteiger partial charge is 1.00 e. The molecule has 0 unspecified atom stereocenters. The van der Waals surface area contributed by atoms with Crippen molar-refractivity contribution < 1.29 is 16.8 Å². The highest BCUT2D eigenvalue weighted by atomic mass is 35.5. The molecular formula is C25H17ClO2S. The van der Waals surface area contributed by atoms with E-state index in [2.05, 4.69) is 54.6 Å². The second-order valence-corrected chi connectivity index (χ2v) is 8.54. The predicted molar refractivity (Wildman–Crippen MR) is 115 cm³/mol. The summed E-state index contributed by atoms with van der Waals surface area (Å²) >= 11 is 0. The van der Waals surface area contributed by atoms with Crippen molar-refractivity contribution in [3.8, 4) is 0 Å². The number of benzene rings is 4. The van der Waals surface area contributed by atoms with Gasteiger partial charge in [-0.2, -0.15) is 0 Å². The van der Waals surface area contributed by atoms with Gasteiger partial charge in [-0.25, -0.2) is 0 Å². The van der Waals surface area contributed by atoms with Crippen molar-refractivity contribution in [3.05, 3.63) is 113 Å². The molecule has 0 saturated carbocycles. The normalized spacial score (nSPS) is 10.9. The summed E-state index contributed by atoms with van der Waals surface area (Å²) in [6, 6.07) is 34.2. The summed E-state index contributed by atoms with van der Waals surface area (Å²) in [6.45, 7) is 0. The van der Waals surface area contributed by atoms with E-state index < -0.39 is 0 Å².